The van der Waals surface area contributed by atoms with E-state index in [1.54, 1.807) is 18.2 Å². The summed E-state index contributed by atoms with van der Waals surface area (Å²) in [6.07, 6.45) is 0. The lowest BCUT2D eigenvalue weighted by Gasteiger charge is -2.16. The molecular weight excluding hydrogens is 273 g/mol. The Balaban J connectivity index is 2.71. The highest BCUT2D eigenvalue weighted by atomic mass is 35.5. The van der Waals surface area contributed by atoms with Gasteiger partial charge in [0.05, 0.1) is 16.8 Å². The van der Waals surface area contributed by atoms with Gasteiger partial charge in [0, 0.05) is 5.02 Å². The number of nitriles is 1. The third-order valence-corrected chi connectivity index (χ3v) is 2.83. The third-order valence-electron chi connectivity index (χ3n) is 2.27. The molecule has 1 atom stereocenters. The molecule has 18 heavy (non-hydrogen) atoms. The Morgan fingerprint density at radius 2 is 2.06 bits per heavy atom. The van der Waals surface area contributed by atoms with Crippen LogP contribution in [0.25, 0.3) is 0 Å². The molecule has 0 spiro atoms. The van der Waals surface area contributed by atoms with Crippen LogP contribution in [-0.4, -0.2) is 12.1 Å². The van der Waals surface area contributed by atoms with E-state index < -0.39 is 12.1 Å². The summed E-state index contributed by atoms with van der Waals surface area (Å²) >= 11 is 11.7. The Bertz CT molecular complexity index is 483. The van der Waals surface area contributed by atoms with Crippen LogP contribution in [-0.2, 0) is 0 Å². The number of halogens is 2. The first kappa shape index (κ1) is 14.6. The van der Waals surface area contributed by atoms with E-state index in [-0.39, 0.29) is 5.92 Å². The lowest BCUT2D eigenvalue weighted by molar-refractivity contribution is 0.248. The van der Waals surface area contributed by atoms with E-state index in [9.17, 15) is 4.79 Å². The molecule has 0 radical (unpaired) electrons. The highest BCUT2D eigenvalue weighted by molar-refractivity contribution is 6.35. The normalized spacial score (nSPS) is 11.8. The van der Waals surface area contributed by atoms with Gasteiger partial charge in [0.25, 0.3) is 0 Å². The summed E-state index contributed by atoms with van der Waals surface area (Å²) in [6.45, 7) is 3.70. The van der Waals surface area contributed by atoms with Gasteiger partial charge in [-0.2, -0.15) is 5.26 Å². The minimum absolute atomic E-state index is 0.0237. The van der Waals surface area contributed by atoms with E-state index in [0.717, 1.165) is 0 Å². The van der Waals surface area contributed by atoms with E-state index in [2.05, 4.69) is 10.6 Å². The van der Waals surface area contributed by atoms with Crippen LogP contribution in [0, 0.1) is 17.2 Å². The van der Waals surface area contributed by atoms with E-state index in [1.807, 2.05) is 19.9 Å². The molecule has 2 amide bonds. The van der Waals surface area contributed by atoms with Crippen LogP contribution in [0.4, 0.5) is 10.5 Å². The number of anilines is 1. The van der Waals surface area contributed by atoms with E-state index in [1.165, 1.54) is 0 Å². The fourth-order valence-corrected chi connectivity index (χ4v) is 1.58. The monoisotopic (exact) mass is 285 g/mol. The molecule has 6 heteroatoms. The van der Waals surface area contributed by atoms with Crippen molar-refractivity contribution >= 4 is 34.9 Å². The average molecular weight is 286 g/mol. The molecule has 0 aliphatic carbocycles. The van der Waals surface area contributed by atoms with Crippen LogP contribution < -0.4 is 10.6 Å². The predicted octanol–water partition coefficient (Wildman–Crippen LogP) is 3.66. The first-order valence-electron chi connectivity index (χ1n) is 5.36. The first-order chi connectivity index (χ1) is 8.43. The first-order valence-corrected chi connectivity index (χ1v) is 6.12. The molecule has 1 aromatic rings. The highest BCUT2D eigenvalue weighted by Crippen LogP contribution is 2.25. The van der Waals surface area contributed by atoms with Crippen molar-refractivity contribution in [3.8, 4) is 6.07 Å². The Hall–Kier alpha value is -1.44. The highest BCUT2D eigenvalue weighted by Gasteiger charge is 2.15. The number of carbonyl (C=O) groups excluding carboxylic acids is 1. The molecule has 0 aliphatic rings. The number of urea groups is 1. The van der Waals surface area contributed by atoms with E-state index in [0.29, 0.717) is 15.7 Å². The largest absolute Gasteiger partial charge is 0.322 e. The molecule has 0 aromatic heterocycles. The average Bonchev–Trinajstić information content (AvgIpc) is 2.30. The lowest BCUT2D eigenvalue weighted by Crippen LogP contribution is -2.40. The Morgan fingerprint density at radius 1 is 1.39 bits per heavy atom. The molecule has 4 nitrogen and oxygen atoms in total. The standard InChI is InChI=1S/C12H13Cl2N3O/c1-7(2)11(6-15)17-12(18)16-10-5-8(13)3-4-9(10)14/h3-5,7,11H,1-2H3,(H2,16,17,18). The van der Waals surface area contributed by atoms with Crippen LogP contribution in [0.2, 0.25) is 10.0 Å². The number of benzene rings is 1. The third kappa shape index (κ3) is 4.10. The maximum atomic E-state index is 11.7. The van der Waals surface area contributed by atoms with Gasteiger partial charge in [-0.05, 0) is 24.1 Å². The molecule has 1 rings (SSSR count). The number of rotatable bonds is 3. The van der Waals surface area contributed by atoms with Crippen molar-refractivity contribution in [2.45, 2.75) is 19.9 Å². The Kier molecular flexibility index (Phi) is 5.26. The minimum atomic E-state index is -0.553. The van der Waals surface area contributed by atoms with Crippen molar-refractivity contribution in [2.75, 3.05) is 5.32 Å². The topological polar surface area (TPSA) is 64.9 Å². The zero-order chi connectivity index (χ0) is 13.7. The van der Waals surface area contributed by atoms with Gasteiger partial charge in [-0.3, -0.25) is 0 Å². The van der Waals surface area contributed by atoms with Crippen LogP contribution in [0.1, 0.15) is 13.8 Å². The molecule has 1 unspecified atom stereocenters. The lowest BCUT2D eigenvalue weighted by atomic mass is 10.1. The maximum Gasteiger partial charge on any atom is 0.320 e. The predicted molar refractivity (Wildman–Crippen MR) is 72.9 cm³/mol. The number of hydrogen-bond donors (Lipinski definition) is 2. The zero-order valence-electron chi connectivity index (χ0n) is 10.00. The van der Waals surface area contributed by atoms with Crippen molar-refractivity contribution in [3.63, 3.8) is 0 Å². The SMILES string of the molecule is CC(C)C(C#N)NC(=O)Nc1cc(Cl)ccc1Cl. The number of amides is 2. The van der Waals surface area contributed by atoms with Gasteiger partial charge >= 0.3 is 6.03 Å². The summed E-state index contributed by atoms with van der Waals surface area (Å²) in [5.41, 5.74) is 0.405. The van der Waals surface area contributed by atoms with Crippen LogP contribution in [0.15, 0.2) is 18.2 Å². The van der Waals surface area contributed by atoms with Crippen LogP contribution >= 0.6 is 23.2 Å². The van der Waals surface area contributed by atoms with Crippen molar-refractivity contribution < 1.29 is 4.79 Å². The summed E-state index contributed by atoms with van der Waals surface area (Å²) < 4.78 is 0. The molecule has 0 aliphatic heterocycles. The zero-order valence-corrected chi connectivity index (χ0v) is 11.5. The number of carbonyl (C=O) groups is 1. The summed E-state index contributed by atoms with van der Waals surface area (Å²) in [5, 5.41) is 14.8. The number of nitrogens with zero attached hydrogens (tertiary/aromatic N) is 1. The molecule has 96 valence electrons. The molecule has 0 saturated heterocycles. The van der Waals surface area contributed by atoms with E-state index >= 15 is 0 Å². The molecule has 0 bridgehead atoms. The summed E-state index contributed by atoms with van der Waals surface area (Å²) in [5.74, 6) is 0.0237. The van der Waals surface area contributed by atoms with Crippen molar-refractivity contribution in [3.05, 3.63) is 28.2 Å². The molecule has 0 heterocycles. The molecule has 2 N–H and O–H groups in total. The molecule has 0 fully saturated rings. The van der Waals surface area contributed by atoms with Gasteiger partial charge in [0.15, 0.2) is 0 Å². The van der Waals surface area contributed by atoms with Gasteiger partial charge in [0.2, 0.25) is 0 Å². The van der Waals surface area contributed by atoms with Gasteiger partial charge in [0.1, 0.15) is 6.04 Å². The Labute approximate surface area is 116 Å². The fraction of sp³-hybridized carbons (Fsp3) is 0.333. The summed E-state index contributed by atoms with van der Waals surface area (Å²) in [7, 11) is 0. The second-order valence-corrected chi connectivity index (χ2v) is 4.92. The van der Waals surface area contributed by atoms with Gasteiger partial charge < -0.3 is 10.6 Å². The van der Waals surface area contributed by atoms with Gasteiger partial charge in [-0.1, -0.05) is 37.0 Å². The quantitative estimate of drug-likeness (QED) is 0.890. The smallest absolute Gasteiger partial charge is 0.320 e. The fourth-order valence-electron chi connectivity index (χ4n) is 1.24. The van der Waals surface area contributed by atoms with Crippen molar-refractivity contribution in [1.29, 1.82) is 5.26 Å². The van der Waals surface area contributed by atoms with Crippen molar-refractivity contribution in [1.82, 2.24) is 5.32 Å². The van der Waals surface area contributed by atoms with Crippen LogP contribution in [0.5, 0.6) is 0 Å². The summed E-state index contributed by atoms with van der Waals surface area (Å²) in [6, 6.07) is 5.73. The minimum Gasteiger partial charge on any atom is -0.322 e. The van der Waals surface area contributed by atoms with Gasteiger partial charge in [-0.15, -0.1) is 0 Å². The molecule has 0 saturated carbocycles. The number of nitrogens with one attached hydrogen (secondary N) is 2. The van der Waals surface area contributed by atoms with Gasteiger partial charge in [-0.25, -0.2) is 4.79 Å². The summed E-state index contributed by atoms with van der Waals surface area (Å²) in [4.78, 5) is 11.7. The molecular formula is C12H13Cl2N3O. The van der Waals surface area contributed by atoms with Crippen molar-refractivity contribution in [2.24, 2.45) is 5.92 Å². The maximum absolute atomic E-state index is 11.7. The molecule has 1 aromatic carbocycles. The van der Waals surface area contributed by atoms with Crippen LogP contribution in [0.3, 0.4) is 0 Å². The second kappa shape index (κ2) is 6.48. The second-order valence-electron chi connectivity index (χ2n) is 4.07. The van der Waals surface area contributed by atoms with E-state index in [4.69, 9.17) is 28.5 Å². The Morgan fingerprint density at radius 3 is 2.61 bits per heavy atom. The number of hydrogen-bond acceptors (Lipinski definition) is 2.